The molecule has 1 rings (SSSR count). The highest BCUT2D eigenvalue weighted by Gasteiger charge is 2.12. The summed E-state index contributed by atoms with van der Waals surface area (Å²) in [7, 11) is 3.43. The molecule has 0 amide bonds. The van der Waals surface area contributed by atoms with E-state index >= 15 is 0 Å². The number of aromatic carboxylic acids is 1. The van der Waals surface area contributed by atoms with Gasteiger partial charge < -0.3 is 14.4 Å². The van der Waals surface area contributed by atoms with Crippen LogP contribution in [0.2, 0.25) is 0 Å². The number of aromatic nitrogens is 1. The molecule has 1 aromatic heterocycles. The van der Waals surface area contributed by atoms with E-state index in [4.69, 9.17) is 9.84 Å². The second-order valence-electron chi connectivity index (χ2n) is 2.83. The van der Waals surface area contributed by atoms with Gasteiger partial charge >= 0.3 is 5.97 Å². The van der Waals surface area contributed by atoms with E-state index in [1.54, 1.807) is 19.4 Å². The zero-order valence-corrected chi connectivity index (χ0v) is 7.78. The molecule has 4 heteroatoms. The molecule has 0 aliphatic heterocycles. The number of ether oxygens (including phenoxy) is 1. The van der Waals surface area contributed by atoms with Crippen LogP contribution in [0.4, 0.5) is 0 Å². The third-order valence-corrected chi connectivity index (χ3v) is 1.97. The highest BCUT2D eigenvalue weighted by molar-refractivity contribution is 5.89. The first kappa shape index (κ1) is 9.80. The summed E-state index contributed by atoms with van der Waals surface area (Å²) in [6.45, 7) is 0.540. The molecule has 13 heavy (non-hydrogen) atoms. The van der Waals surface area contributed by atoms with Gasteiger partial charge in [0.25, 0.3) is 0 Å². The number of hydrogen-bond acceptors (Lipinski definition) is 2. The third kappa shape index (κ3) is 2.09. The maximum Gasteiger partial charge on any atom is 0.337 e. The van der Waals surface area contributed by atoms with Crippen LogP contribution in [0.15, 0.2) is 12.3 Å². The second kappa shape index (κ2) is 4.09. The molecular formula is C9H13NO3. The molecule has 0 saturated carbocycles. The van der Waals surface area contributed by atoms with Gasteiger partial charge in [0.15, 0.2) is 0 Å². The average Bonchev–Trinajstić information content (AvgIpc) is 2.43. The van der Waals surface area contributed by atoms with E-state index in [2.05, 4.69) is 0 Å². The zero-order valence-electron chi connectivity index (χ0n) is 7.78. The molecular weight excluding hydrogens is 170 g/mol. The van der Waals surface area contributed by atoms with Gasteiger partial charge in [-0.25, -0.2) is 4.79 Å². The van der Waals surface area contributed by atoms with Crippen LogP contribution < -0.4 is 0 Å². The summed E-state index contributed by atoms with van der Waals surface area (Å²) in [5, 5.41) is 8.82. The summed E-state index contributed by atoms with van der Waals surface area (Å²) in [6, 6.07) is 1.60. The van der Waals surface area contributed by atoms with Crippen molar-refractivity contribution < 1.29 is 14.6 Å². The highest BCUT2D eigenvalue weighted by Crippen LogP contribution is 2.10. The summed E-state index contributed by atoms with van der Waals surface area (Å²) < 4.78 is 6.71. The van der Waals surface area contributed by atoms with Crippen molar-refractivity contribution in [1.29, 1.82) is 0 Å². The van der Waals surface area contributed by atoms with Crippen LogP contribution in [0.25, 0.3) is 0 Å². The molecule has 1 heterocycles. The van der Waals surface area contributed by atoms with Crippen molar-refractivity contribution in [3.63, 3.8) is 0 Å². The van der Waals surface area contributed by atoms with Crippen LogP contribution in [0.5, 0.6) is 0 Å². The summed E-state index contributed by atoms with van der Waals surface area (Å²) in [6.07, 6.45) is 2.37. The largest absolute Gasteiger partial charge is 0.478 e. The van der Waals surface area contributed by atoms with Crippen LogP contribution in [-0.2, 0) is 18.2 Å². The van der Waals surface area contributed by atoms with E-state index in [-0.39, 0.29) is 0 Å². The van der Waals surface area contributed by atoms with Crippen LogP contribution >= 0.6 is 0 Å². The Labute approximate surface area is 76.7 Å². The first-order chi connectivity index (χ1) is 6.16. The number of hydrogen-bond donors (Lipinski definition) is 1. The Balaban J connectivity index is 2.88. The fourth-order valence-electron chi connectivity index (χ4n) is 1.27. The monoisotopic (exact) mass is 183 g/mol. The number of methoxy groups -OCH3 is 1. The fourth-order valence-corrected chi connectivity index (χ4v) is 1.27. The van der Waals surface area contributed by atoms with E-state index in [0.29, 0.717) is 18.6 Å². The molecule has 0 aliphatic rings. The van der Waals surface area contributed by atoms with Gasteiger partial charge in [-0.15, -0.1) is 0 Å². The predicted molar refractivity (Wildman–Crippen MR) is 48.0 cm³/mol. The van der Waals surface area contributed by atoms with Gasteiger partial charge in [0, 0.05) is 32.5 Å². The van der Waals surface area contributed by atoms with Crippen molar-refractivity contribution in [3.8, 4) is 0 Å². The molecule has 0 atom stereocenters. The van der Waals surface area contributed by atoms with Crippen molar-refractivity contribution in [1.82, 2.24) is 4.57 Å². The van der Waals surface area contributed by atoms with Crippen molar-refractivity contribution in [2.24, 2.45) is 7.05 Å². The fraction of sp³-hybridized carbons (Fsp3) is 0.444. The predicted octanol–water partition coefficient (Wildman–Crippen LogP) is 0.912. The maximum absolute atomic E-state index is 10.7. The molecule has 0 bridgehead atoms. The van der Waals surface area contributed by atoms with Crippen LogP contribution in [-0.4, -0.2) is 29.4 Å². The number of aryl methyl sites for hydroxylation is 1. The first-order valence-electron chi connectivity index (χ1n) is 4.03. The Kier molecular flexibility index (Phi) is 3.08. The van der Waals surface area contributed by atoms with Crippen LogP contribution in [0, 0.1) is 0 Å². The number of carboxylic acid groups (broad SMARTS) is 1. The van der Waals surface area contributed by atoms with Gasteiger partial charge in [-0.2, -0.15) is 0 Å². The molecule has 1 aromatic rings. The number of rotatable bonds is 4. The number of nitrogens with zero attached hydrogens (tertiary/aromatic N) is 1. The lowest BCUT2D eigenvalue weighted by Crippen LogP contribution is -2.07. The Morgan fingerprint density at radius 1 is 1.69 bits per heavy atom. The van der Waals surface area contributed by atoms with Crippen molar-refractivity contribution in [2.75, 3.05) is 13.7 Å². The minimum Gasteiger partial charge on any atom is -0.478 e. The van der Waals surface area contributed by atoms with Crippen LogP contribution in [0.1, 0.15) is 16.1 Å². The lowest BCUT2D eigenvalue weighted by molar-refractivity contribution is 0.0695. The Bertz CT molecular complexity index is 304. The second-order valence-corrected chi connectivity index (χ2v) is 2.83. The third-order valence-electron chi connectivity index (χ3n) is 1.97. The smallest absolute Gasteiger partial charge is 0.337 e. The normalized spacial score (nSPS) is 10.3. The molecule has 4 nitrogen and oxygen atoms in total. The van der Waals surface area contributed by atoms with Crippen molar-refractivity contribution in [3.05, 3.63) is 23.5 Å². The lowest BCUT2D eigenvalue weighted by Gasteiger charge is -2.03. The highest BCUT2D eigenvalue weighted by atomic mass is 16.5. The van der Waals surface area contributed by atoms with E-state index < -0.39 is 5.97 Å². The molecule has 0 aliphatic carbocycles. The maximum atomic E-state index is 10.7. The molecule has 0 fully saturated rings. The van der Waals surface area contributed by atoms with E-state index in [1.807, 2.05) is 11.6 Å². The van der Waals surface area contributed by atoms with Gasteiger partial charge in [-0.1, -0.05) is 0 Å². The summed E-state index contributed by atoms with van der Waals surface area (Å²) in [5.74, 6) is -0.883. The van der Waals surface area contributed by atoms with Crippen molar-refractivity contribution in [2.45, 2.75) is 6.42 Å². The zero-order chi connectivity index (χ0) is 9.84. The molecule has 0 spiro atoms. The summed E-state index contributed by atoms with van der Waals surface area (Å²) in [4.78, 5) is 10.7. The topological polar surface area (TPSA) is 51.5 Å². The molecule has 0 unspecified atom stereocenters. The minimum atomic E-state index is -0.883. The number of carbonyl (C=O) groups is 1. The van der Waals surface area contributed by atoms with Gasteiger partial charge in [0.2, 0.25) is 0 Å². The molecule has 72 valence electrons. The Morgan fingerprint density at radius 3 is 2.92 bits per heavy atom. The van der Waals surface area contributed by atoms with E-state index in [9.17, 15) is 4.79 Å². The molecule has 0 saturated heterocycles. The van der Waals surface area contributed by atoms with Gasteiger partial charge in [0.1, 0.15) is 0 Å². The molecule has 1 N–H and O–H groups in total. The van der Waals surface area contributed by atoms with Gasteiger partial charge in [-0.3, -0.25) is 0 Å². The number of carboxylic acids is 1. The average molecular weight is 183 g/mol. The molecule has 0 radical (unpaired) electrons. The Morgan fingerprint density at radius 2 is 2.38 bits per heavy atom. The van der Waals surface area contributed by atoms with Crippen LogP contribution in [0.3, 0.4) is 0 Å². The summed E-state index contributed by atoms with van der Waals surface area (Å²) in [5.41, 5.74) is 1.16. The first-order valence-corrected chi connectivity index (χ1v) is 4.03. The van der Waals surface area contributed by atoms with Gasteiger partial charge in [0.05, 0.1) is 12.2 Å². The van der Waals surface area contributed by atoms with E-state index in [1.165, 1.54) is 0 Å². The van der Waals surface area contributed by atoms with Gasteiger partial charge in [-0.05, 0) is 6.07 Å². The quantitative estimate of drug-likeness (QED) is 0.754. The standard InChI is InChI=1S/C9H13NO3/c1-10-5-3-7(9(11)12)8(10)4-6-13-2/h3,5H,4,6H2,1-2H3,(H,11,12). The minimum absolute atomic E-state index is 0.361. The molecule has 0 aromatic carbocycles. The lowest BCUT2D eigenvalue weighted by atomic mass is 10.2. The SMILES string of the molecule is COCCc1c(C(=O)O)ccn1C. The van der Waals surface area contributed by atoms with E-state index in [0.717, 1.165) is 5.69 Å². The van der Waals surface area contributed by atoms with Crippen molar-refractivity contribution >= 4 is 5.97 Å². The summed E-state index contributed by atoms with van der Waals surface area (Å²) >= 11 is 0. The Hall–Kier alpha value is -1.29.